The Morgan fingerprint density at radius 3 is 2.60 bits per heavy atom. The molecular formula is C11H21NO3. The zero-order valence-electron chi connectivity index (χ0n) is 9.91. The third-order valence-electron chi connectivity index (χ3n) is 2.84. The molecule has 88 valence electrons. The van der Waals surface area contributed by atoms with Crippen LogP contribution in [0.4, 0.5) is 0 Å². The van der Waals surface area contributed by atoms with Crippen LogP contribution in [0.3, 0.4) is 0 Å². The van der Waals surface area contributed by atoms with E-state index in [4.69, 9.17) is 9.47 Å². The SMILES string of the molecule is CCCCN(C)CC1(C(=O)OC)COC1. The zero-order chi connectivity index (χ0) is 11.3. The molecule has 0 spiro atoms. The van der Waals surface area contributed by atoms with E-state index >= 15 is 0 Å². The van der Waals surface area contributed by atoms with E-state index in [0.717, 1.165) is 19.5 Å². The zero-order valence-corrected chi connectivity index (χ0v) is 9.91. The van der Waals surface area contributed by atoms with Gasteiger partial charge in [-0.25, -0.2) is 0 Å². The summed E-state index contributed by atoms with van der Waals surface area (Å²) in [7, 11) is 3.48. The van der Waals surface area contributed by atoms with Crippen molar-refractivity contribution in [2.24, 2.45) is 5.41 Å². The lowest BCUT2D eigenvalue weighted by molar-refractivity contribution is -0.186. The molecule has 1 saturated heterocycles. The highest BCUT2D eigenvalue weighted by molar-refractivity contribution is 5.78. The van der Waals surface area contributed by atoms with Gasteiger partial charge in [0.2, 0.25) is 0 Å². The molecule has 0 aliphatic carbocycles. The topological polar surface area (TPSA) is 38.8 Å². The van der Waals surface area contributed by atoms with Crippen LogP contribution >= 0.6 is 0 Å². The molecule has 4 heteroatoms. The molecule has 4 nitrogen and oxygen atoms in total. The molecule has 0 saturated carbocycles. The summed E-state index contributed by atoms with van der Waals surface area (Å²) in [4.78, 5) is 13.8. The molecule has 1 heterocycles. The third kappa shape index (κ3) is 2.92. The molecule has 0 aromatic rings. The van der Waals surface area contributed by atoms with Crippen molar-refractivity contribution in [1.82, 2.24) is 4.90 Å². The average molecular weight is 215 g/mol. The fraction of sp³-hybridized carbons (Fsp3) is 0.909. The van der Waals surface area contributed by atoms with E-state index in [-0.39, 0.29) is 5.97 Å². The molecule has 1 aliphatic heterocycles. The van der Waals surface area contributed by atoms with Gasteiger partial charge in [0.05, 0.1) is 20.3 Å². The molecule has 1 rings (SSSR count). The van der Waals surface area contributed by atoms with E-state index in [1.807, 2.05) is 7.05 Å². The fourth-order valence-electron chi connectivity index (χ4n) is 1.86. The molecule has 0 bridgehead atoms. The minimum Gasteiger partial charge on any atom is -0.468 e. The Morgan fingerprint density at radius 1 is 1.53 bits per heavy atom. The molecule has 0 N–H and O–H groups in total. The Hall–Kier alpha value is -0.610. The van der Waals surface area contributed by atoms with E-state index in [1.165, 1.54) is 13.5 Å². The number of ether oxygens (including phenoxy) is 2. The number of hydrogen-bond acceptors (Lipinski definition) is 4. The monoisotopic (exact) mass is 215 g/mol. The van der Waals surface area contributed by atoms with Crippen LogP contribution in [-0.2, 0) is 14.3 Å². The molecule has 1 fully saturated rings. The lowest BCUT2D eigenvalue weighted by atomic mass is 9.85. The number of esters is 1. The molecule has 0 aromatic heterocycles. The van der Waals surface area contributed by atoms with Crippen LogP contribution < -0.4 is 0 Å². The number of unbranched alkanes of at least 4 members (excludes halogenated alkanes) is 1. The van der Waals surface area contributed by atoms with Crippen molar-refractivity contribution in [2.45, 2.75) is 19.8 Å². The number of rotatable bonds is 6. The van der Waals surface area contributed by atoms with Crippen LogP contribution in [0, 0.1) is 5.41 Å². The van der Waals surface area contributed by atoms with Gasteiger partial charge in [-0.15, -0.1) is 0 Å². The number of carbonyl (C=O) groups excluding carboxylic acids is 1. The second kappa shape index (κ2) is 5.47. The van der Waals surface area contributed by atoms with Gasteiger partial charge < -0.3 is 14.4 Å². The summed E-state index contributed by atoms with van der Waals surface area (Å²) in [5, 5.41) is 0. The maximum Gasteiger partial charge on any atom is 0.317 e. The first-order valence-electron chi connectivity index (χ1n) is 5.49. The van der Waals surface area contributed by atoms with Crippen LogP contribution in [-0.4, -0.2) is 51.3 Å². The quantitative estimate of drug-likeness (QED) is 0.617. The van der Waals surface area contributed by atoms with Gasteiger partial charge in [0.25, 0.3) is 0 Å². The molecule has 1 aliphatic rings. The molecule has 0 aromatic carbocycles. The van der Waals surface area contributed by atoms with Crippen LogP contribution in [0.25, 0.3) is 0 Å². The Labute approximate surface area is 91.5 Å². The molecule has 0 amide bonds. The van der Waals surface area contributed by atoms with Crippen molar-refractivity contribution in [3.63, 3.8) is 0 Å². The first kappa shape index (κ1) is 12.5. The van der Waals surface area contributed by atoms with E-state index in [1.54, 1.807) is 0 Å². The van der Waals surface area contributed by atoms with Crippen LogP contribution in [0.2, 0.25) is 0 Å². The van der Waals surface area contributed by atoms with Crippen molar-refractivity contribution in [2.75, 3.05) is 40.5 Å². The summed E-state index contributed by atoms with van der Waals surface area (Å²) < 4.78 is 9.96. The van der Waals surface area contributed by atoms with E-state index in [9.17, 15) is 4.79 Å². The second-order valence-corrected chi connectivity index (χ2v) is 4.36. The van der Waals surface area contributed by atoms with Gasteiger partial charge >= 0.3 is 5.97 Å². The molecule has 0 unspecified atom stereocenters. The summed E-state index contributed by atoms with van der Waals surface area (Å²) in [6.07, 6.45) is 2.33. The first-order chi connectivity index (χ1) is 7.14. The highest BCUT2D eigenvalue weighted by atomic mass is 16.5. The standard InChI is InChI=1S/C11H21NO3/c1-4-5-6-12(2)7-11(8-15-9-11)10(13)14-3/h4-9H2,1-3H3. The van der Waals surface area contributed by atoms with Crippen molar-refractivity contribution in [1.29, 1.82) is 0 Å². The minimum atomic E-state index is -0.406. The van der Waals surface area contributed by atoms with Gasteiger partial charge in [-0.05, 0) is 20.0 Å². The van der Waals surface area contributed by atoms with Gasteiger partial charge in [0, 0.05) is 6.54 Å². The Balaban J connectivity index is 2.42. The van der Waals surface area contributed by atoms with Crippen molar-refractivity contribution < 1.29 is 14.3 Å². The Bertz CT molecular complexity index is 214. The van der Waals surface area contributed by atoms with E-state index in [0.29, 0.717) is 13.2 Å². The predicted octanol–water partition coefficient (Wildman–Crippen LogP) is 0.908. The van der Waals surface area contributed by atoms with Crippen molar-refractivity contribution in [3.8, 4) is 0 Å². The summed E-state index contributed by atoms with van der Waals surface area (Å²) in [6, 6.07) is 0. The lowest BCUT2D eigenvalue weighted by Crippen LogP contribution is -2.55. The normalized spacial score (nSPS) is 18.7. The van der Waals surface area contributed by atoms with E-state index in [2.05, 4.69) is 11.8 Å². The summed E-state index contributed by atoms with van der Waals surface area (Å²) >= 11 is 0. The largest absolute Gasteiger partial charge is 0.468 e. The van der Waals surface area contributed by atoms with Crippen LogP contribution in [0.1, 0.15) is 19.8 Å². The average Bonchev–Trinajstić information content (AvgIpc) is 2.19. The van der Waals surface area contributed by atoms with Gasteiger partial charge in [-0.3, -0.25) is 4.79 Å². The highest BCUT2D eigenvalue weighted by Crippen LogP contribution is 2.29. The number of methoxy groups -OCH3 is 1. The molecule has 0 radical (unpaired) electrons. The van der Waals surface area contributed by atoms with Crippen LogP contribution in [0.5, 0.6) is 0 Å². The van der Waals surface area contributed by atoms with Gasteiger partial charge in [0.15, 0.2) is 0 Å². The van der Waals surface area contributed by atoms with Crippen molar-refractivity contribution in [3.05, 3.63) is 0 Å². The van der Waals surface area contributed by atoms with Crippen molar-refractivity contribution >= 4 is 5.97 Å². The van der Waals surface area contributed by atoms with Gasteiger partial charge in [-0.1, -0.05) is 13.3 Å². The molecular weight excluding hydrogens is 194 g/mol. The van der Waals surface area contributed by atoms with Gasteiger partial charge in [0.1, 0.15) is 5.41 Å². The smallest absolute Gasteiger partial charge is 0.317 e. The van der Waals surface area contributed by atoms with E-state index < -0.39 is 5.41 Å². The van der Waals surface area contributed by atoms with Crippen LogP contribution in [0.15, 0.2) is 0 Å². The predicted molar refractivity (Wildman–Crippen MR) is 57.7 cm³/mol. The maximum atomic E-state index is 11.6. The summed E-state index contributed by atoms with van der Waals surface area (Å²) in [6.45, 7) is 4.91. The molecule has 0 atom stereocenters. The minimum absolute atomic E-state index is 0.142. The highest BCUT2D eigenvalue weighted by Gasteiger charge is 2.47. The number of nitrogens with zero attached hydrogens (tertiary/aromatic N) is 1. The van der Waals surface area contributed by atoms with Gasteiger partial charge in [-0.2, -0.15) is 0 Å². The second-order valence-electron chi connectivity index (χ2n) is 4.36. The summed E-state index contributed by atoms with van der Waals surface area (Å²) in [5.74, 6) is -0.142. The summed E-state index contributed by atoms with van der Waals surface area (Å²) in [5.41, 5.74) is -0.406. The number of carbonyl (C=O) groups is 1. The maximum absolute atomic E-state index is 11.6. The fourth-order valence-corrected chi connectivity index (χ4v) is 1.86. The Kier molecular flexibility index (Phi) is 4.54. The number of hydrogen-bond donors (Lipinski definition) is 0. The Morgan fingerprint density at radius 2 is 2.20 bits per heavy atom. The molecule has 15 heavy (non-hydrogen) atoms. The third-order valence-corrected chi connectivity index (χ3v) is 2.84. The lowest BCUT2D eigenvalue weighted by Gasteiger charge is -2.40. The first-order valence-corrected chi connectivity index (χ1v) is 5.49.